The zero-order valence-electron chi connectivity index (χ0n) is 19.7. The molecule has 1 N–H and O–H groups in total. The molecule has 2 heterocycles. The second-order valence-electron chi connectivity index (χ2n) is 9.24. The molecule has 0 aliphatic carbocycles. The maximum Gasteiger partial charge on any atom is 0.118 e. The van der Waals surface area contributed by atoms with Crippen LogP contribution in [0.4, 0.5) is 0 Å². The summed E-state index contributed by atoms with van der Waals surface area (Å²) in [5.41, 5.74) is 6.63. The third kappa shape index (κ3) is 4.84. The first kappa shape index (κ1) is 22.1. The van der Waals surface area contributed by atoms with E-state index in [1.54, 1.807) is 7.11 Å². The average Bonchev–Trinajstić information content (AvgIpc) is 2.89. The molecule has 3 aromatic rings. The van der Waals surface area contributed by atoms with Gasteiger partial charge in [-0.3, -0.25) is 4.90 Å². The van der Waals surface area contributed by atoms with Crippen molar-refractivity contribution in [1.29, 1.82) is 0 Å². The van der Waals surface area contributed by atoms with Crippen molar-refractivity contribution in [2.24, 2.45) is 0 Å². The Balaban J connectivity index is 1.48. The van der Waals surface area contributed by atoms with Crippen LogP contribution in [0.1, 0.15) is 48.1 Å². The maximum atomic E-state index is 6.53. The number of fused-ring (bicyclic) bond motifs is 1. The topological polar surface area (TPSA) is 33.7 Å². The first-order valence-electron chi connectivity index (χ1n) is 12.1. The van der Waals surface area contributed by atoms with E-state index in [0.29, 0.717) is 12.0 Å². The molecule has 33 heavy (non-hydrogen) atoms. The number of ether oxygens (including phenoxy) is 2. The van der Waals surface area contributed by atoms with Gasteiger partial charge in [-0.1, -0.05) is 61.5 Å². The molecule has 172 valence electrons. The van der Waals surface area contributed by atoms with Crippen molar-refractivity contribution in [3.8, 4) is 16.9 Å². The minimum absolute atomic E-state index is 0.0850. The molecule has 4 nitrogen and oxygen atoms in total. The molecule has 5 rings (SSSR count). The SMILES string of the molecule is COc1ccc(C(CC2OCC(C)c3ccc(-c4ccccc4)cc32)N2CCNCC2)cc1. The molecule has 0 radical (unpaired) electrons. The fourth-order valence-corrected chi connectivity index (χ4v) is 5.27. The second kappa shape index (κ2) is 10.1. The van der Waals surface area contributed by atoms with E-state index in [1.807, 2.05) is 0 Å². The van der Waals surface area contributed by atoms with Crippen LogP contribution >= 0.6 is 0 Å². The Morgan fingerprint density at radius 3 is 2.42 bits per heavy atom. The van der Waals surface area contributed by atoms with Crippen molar-refractivity contribution in [2.45, 2.75) is 31.4 Å². The van der Waals surface area contributed by atoms with Gasteiger partial charge >= 0.3 is 0 Å². The lowest BCUT2D eigenvalue weighted by Gasteiger charge is -2.39. The van der Waals surface area contributed by atoms with E-state index in [2.05, 4.69) is 89.9 Å². The first-order chi connectivity index (χ1) is 16.2. The van der Waals surface area contributed by atoms with Gasteiger partial charge in [0.05, 0.1) is 19.8 Å². The van der Waals surface area contributed by atoms with Gasteiger partial charge < -0.3 is 14.8 Å². The Labute approximate surface area is 197 Å². The monoisotopic (exact) mass is 442 g/mol. The van der Waals surface area contributed by atoms with E-state index in [0.717, 1.165) is 45.0 Å². The summed E-state index contributed by atoms with van der Waals surface area (Å²) in [6, 6.07) is 26.5. The molecule has 2 aliphatic heterocycles. The largest absolute Gasteiger partial charge is 0.497 e. The molecule has 0 spiro atoms. The molecule has 3 atom stereocenters. The van der Waals surface area contributed by atoms with Gasteiger partial charge in [-0.05, 0) is 52.4 Å². The number of rotatable bonds is 6. The summed E-state index contributed by atoms with van der Waals surface area (Å²) < 4.78 is 11.9. The fraction of sp³-hybridized carbons (Fsp3) is 0.379. The van der Waals surface area contributed by atoms with Gasteiger partial charge in [0.2, 0.25) is 0 Å². The van der Waals surface area contributed by atoms with Gasteiger partial charge in [0.15, 0.2) is 0 Å². The van der Waals surface area contributed by atoms with Gasteiger partial charge in [0, 0.05) is 38.1 Å². The molecule has 1 fully saturated rings. The van der Waals surface area contributed by atoms with Crippen molar-refractivity contribution >= 4 is 0 Å². The highest BCUT2D eigenvalue weighted by molar-refractivity contribution is 5.65. The predicted octanol–water partition coefficient (Wildman–Crippen LogP) is 5.57. The molecule has 0 amide bonds. The molecule has 0 aromatic heterocycles. The standard InChI is InChI=1S/C29H34N2O2/c1-21-20-33-29(27-18-24(10-13-26(21)27)22-6-4-3-5-7-22)19-28(31-16-14-30-15-17-31)23-8-11-25(32-2)12-9-23/h3-13,18,21,28-30H,14-17,19-20H2,1-2H3. The van der Waals surface area contributed by atoms with Crippen LogP contribution in [0.3, 0.4) is 0 Å². The number of benzene rings is 3. The summed E-state index contributed by atoms with van der Waals surface area (Å²) in [5, 5.41) is 3.50. The van der Waals surface area contributed by atoms with Crippen LogP contribution in [0.15, 0.2) is 72.8 Å². The smallest absolute Gasteiger partial charge is 0.118 e. The molecule has 1 saturated heterocycles. The quantitative estimate of drug-likeness (QED) is 0.541. The molecule has 0 bridgehead atoms. The van der Waals surface area contributed by atoms with Crippen LogP contribution in [0, 0.1) is 0 Å². The Morgan fingerprint density at radius 2 is 1.70 bits per heavy atom. The van der Waals surface area contributed by atoms with E-state index in [9.17, 15) is 0 Å². The minimum atomic E-state index is 0.0850. The van der Waals surface area contributed by atoms with Crippen molar-refractivity contribution in [2.75, 3.05) is 39.9 Å². The first-order valence-corrected chi connectivity index (χ1v) is 12.1. The number of nitrogens with one attached hydrogen (secondary N) is 1. The number of nitrogens with zero attached hydrogens (tertiary/aromatic N) is 1. The number of hydrogen-bond donors (Lipinski definition) is 1. The van der Waals surface area contributed by atoms with Crippen molar-refractivity contribution < 1.29 is 9.47 Å². The summed E-state index contributed by atoms with van der Waals surface area (Å²) in [5.74, 6) is 1.32. The van der Waals surface area contributed by atoms with Gasteiger partial charge in [0.1, 0.15) is 5.75 Å². The summed E-state index contributed by atoms with van der Waals surface area (Å²) in [6.07, 6.45) is 1.03. The van der Waals surface area contributed by atoms with Crippen LogP contribution in [-0.4, -0.2) is 44.8 Å². The normalized spacial score (nSPS) is 21.9. The zero-order valence-corrected chi connectivity index (χ0v) is 19.7. The maximum absolute atomic E-state index is 6.53. The highest BCUT2D eigenvalue weighted by Gasteiger charge is 2.31. The summed E-state index contributed by atoms with van der Waals surface area (Å²) in [6.45, 7) is 7.22. The second-order valence-corrected chi connectivity index (χ2v) is 9.24. The zero-order chi connectivity index (χ0) is 22.6. The van der Waals surface area contributed by atoms with Gasteiger partial charge in [0.25, 0.3) is 0 Å². The molecular formula is C29H34N2O2. The van der Waals surface area contributed by atoms with Gasteiger partial charge in [-0.15, -0.1) is 0 Å². The van der Waals surface area contributed by atoms with Crippen molar-refractivity contribution in [3.05, 3.63) is 89.5 Å². The Morgan fingerprint density at radius 1 is 0.939 bits per heavy atom. The lowest BCUT2D eigenvalue weighted by atomic mass is 9.85. The van der Waals surface area contributed by atoms with Crippen LogP contribution in [-0.2, 0) is 4.74 Å². The van der Waals surface area contributed by atoms with E-state index in [-0.39, 0.29) is 6.10 Å². The molecule has 2 aliphatic rings. The van der Waals surface area contributed by atoms with E-state index in [4.69, 9.17) is 9.47 Å². The Hall–Kier alpha value is -2.66. The Kier molecular flexibility index (Phi) is 6.77. The molecule has 3 aromatic carbocycles. The molecule has 4 heteroatoms. The average molecular weight is 443 g/mol. The van der Waals surface area contributed by atoms with E-state index >= 15 is 0 Å². The number of piperazine rings is 1. The third-order valence-electron chi connectivity index (χ3n) is 7.15. The van der Waals surface area contributed by atoms with Gasteiger partial charge in [-0.25, -0.2) is 0 Å². The fourth-order valence-electron chi connectivity index (χ4n) is 5.27. The predicted molar refractivity (Wildman–Crippen MR) is 134 cm³/mol. The summed E-state index contributed by atoms with van der Waals surface area (Å²) >= 11 is 0. The van der Waals surface area contributed by atoms with Crippen LogP contribution in [0.2, 0.25) is 0 Å². The van der Waals surface area contributed by atoms with Gasteiger partial charge in [-0.2, -0.15) is 0 Å². The molecule has 3 unspecified atom stereocenters. The van der Waals surface area contributed by atoms with Crippen LogP contribution in [0.25, 0.3) is 11.1 Å². The summed E-state index contributed by atoms with van der Waals surface area (Å²) in [7, 11) is 1.72. The van der Waals surface area contributed by atoms with E-state index in [1.165, 1.54) is 27.8 Å². The minimum Gasteiger partial charge on any atom is -0.497 e. The van der Waals surface area contributed by atoms with Crippen molar-refractivity contribution in [3.63, 3.8) is 0 Å². The molecule has 0 saturated carbocycles. The summed E-state index contributed by atoms with van der Waals surface area (Å²) in [4.78, 5) is 2.61. The number of hydrogen-bond acceptors (Lipinski definition) is 4. The lowest BCUT2D eigenvalue weighted by Crippen LogP contribution is -2.45. The molecular weight excluding hydrogens is 408 g/mol. The lowest BCUT2D eigenvalue weighted by molar-refractivity contribution is 0.00296. The Bertz CT molecular complexity index is 1040. The third-order valence-corrected chi connectivity index (χ3v) is 7.15. The van der Waals surface area contributed by atoms with Crippen LogP contribution in [0.5, 0.6) is 5.75 Å². The number of methoxy groups -OCH3 is 1. The van der Waals surface area contributed by atoms with Crippen LogP contribution < -0.4 is 10.1 Å². The highest BCUT2D eigenvalue weighted by atomic mass is 16.5. The highest BCUT2D eigenvalue weighted by Crippen LogP contribution is 2.42. The van der Waals surface area contributed by atoms with E-state index < -0.39 is 0 Å². The van der Waals surface area contributed by atoms with Crippen molar-refractivity contribution in [1.82, 2.24) is 10.2 Å².